The van der Waals surface area contributed by atoms with Gasteiger partial charge in [-0.1, -0.05) is 11.6 Å². The predicted molar refractivity (Wildman–Crippen MR) is 70.4 cm³/mol. The van der Waals surface area contributed by atoms with E-state index in [0.717, 1.165) is 0 Å². The van der Waals surface area contributed by atoms with Crippen LogP contribution in [0.3, 0.4) is 0 Å². The van der Waals surface area contributed by atoms with Crippen molar-refractivity contribution in [3.63, 3.8) is 0 Å². The summed E-state index contributed by atoms with van der Waals surface area (Å²) < 4.78 is 11.9. The van der Waals surface area contributed by atoms with Crippen molar-refractivity contribution < 1.29 is 9.00 Å². The van der Waals surface area contributed by atoms with Crippen molar-refractivity contribution >= 4 is 34.0 Å². The van der Waals surface area contributed by atoms with Crippen LogP contribution in [0.1, 0.15) is 13.8 Å². The molecule has 1 amide bonds. The molecule has 0 heterocycles. The second-order valence-corrected chi connectivity index (χ2v) is 5.75. The molecule has 4 nitrogen and oxygen atoms in total. The minimum atomic E-state index is -1.40. The molecule has 0 aliphatic heterocycles. The molecule has 0 spiro atoms. The van der Waals surface area contributed by atoms with E-state index < -0.39 is 10.8 Å². The molecule has 1 aromatic carbocycles. The Bertz CT molecular complexity index is 449. The molecular weight excluding hydrogens is 260 g/mol. The monoisotopic (exact) mass is 274 g/mol. The number of benzene rings is 1. The molecule has 0 saturated heterocycles. The van der Waals surface area contributed by atoms with E-state index in [9.17, 15) is 9.00 Å². The molecule has 3 N–H and O–H groups in total. The summed E-state index contributed by atoms with van der Waals surface area (Å²) in [5.41, 5.74) is 5.98. The van der Waals surface area contributed by atoms with Crippen LogP contribution in [-0.4, -0.2) is 21.9 Å². The van der Waals surface area contributed by atoms with Crippen molar-refractivity contribution in [1.29, 1.82) is 0 Å². The molecule has 1 unspecified atom stereocenters. The Morgan fingerprint density at radius 2 is 2.18 bits per heavy atom. The van der Waals surface area contributed by atoms with E-state index in [1.165, 1.54) is 6.07 Å². The van der Waals surface area contributed by atoms with Crippen molar-refractivity contribution in [3.8, 4) is 0 Å². The smallest absolute Gasteiger partial charge is 0.233 e. The molecule has 94 valence electrons. The van der Waals surface area contributed by atoms with Gasteiger partial charge in [-0.15, -0.1) is 0 Å². The van der Waals surface area contributed by atoms with Gasteiger partial charge in [0.2, 0.25) is 5.91 Å². The molecule has 0 aliphatic carbocycles. The summed E-state index contributed by atoms with van der Waals surface area (Å²) in [6, 6.07) is 4.75. The number of anilines is 1. The first-order chi connectivity index (χ1) is 7.90. The predicted octanol–water partition coefficient (Wildman–Crippen LogP) is 1.55. The number of nitrogen functional groups attached to an aromatic ring is 1. The molecule has 1 aromatic rings. The van der Waals surface area contributed by atoms with Gasteiger partial charge in [-0.25, -0.2) is 0 Å². The van der Waals surface area contributed by atoms with Gasteiger partial charge in [0.1, 0.15) is 5.75 Å². The van der Waals surface area contributed by atoms with Crippen molar-refractivity contribution in [3.05, 3.63) is 23.2 Å². The van der Waals surface area contributed by atoms with Crippen molar-refractivity contribution in [1.82, 2.24) is 5.32 Å². The summed E-state index contributed by atoms with van der Waals surface area (Å²) in [5, 5.41) is 3.03. The number of amides is 1. The SMILES string of the molecule is CC(C)NC(=O)CS(=O)c1ccc(N)c(Cl)c1. The maximum atomic E-state index is 11.9. The van der Waals surface area contributed by atoms with Crippen LogP contribution in [0.2, 0.25) is 5.02 Å². The Morgan fingerprint density at radius 3 is 2.71 bits per heavy atom. The zero-order valence-electron chi connectivity index (χ0n) is 9.70. The van der Waals surface area contributed by atoms with Gasteiger partial charge in [0.05, 0.1) is 21.5 Å². The largest absolute Gasteiger partial charge is 0.398 e. The van der Waals surface area contributed by atoms with E-state index in [-0.39, 0.29) is 17.7 Å². The highest BCUT2D eigenvalue weighted by Gasteiger charge is 2.12. The average Bonchev–Trinajstić information content (AvgIpc) is 2.20. The number of halogens is 1. The lowest BCUT2D eigenvalue weighted by Gasteiger charge is -2.08. The Balaban J connectivity index is 2.70. The van der Waals surface area contributed by atoms with Gasteiger partial charge in [0.25, 0.3) is 0 Å². The molecule has 1 rings (SSSR count). The van der Waals surface area contributed by atoms with Crippen molar-refractivity contribution in [2.45, 2.75) is 24.8 Å². The van der Waals surface area contributed by atoms with Gasteiger partial charge in [-0.05, 0) is 32.0 Å². The number of hydrogen-bond acceptors (Lipinski definition) is 3. The maximum absolute atomic E-state index is 11.9. The maximum Gasteiger partial charge on any atom is 0.233 e. The molecule has 0 aromatic heterocycles. The molecule has 0 radical (unpaired) electrons. The summed E-state index contributed by atoms with van der Waals surface area (Å²) in [4.78, 5) is 11.9. The zero-order chi connectivity index (χ0) is 13.0. The van der Waals surface area contributed by atoms with Gasteiger partial charge >= 0.3 is 0 Å². The van der Waals surface area contributed by atoms with E-state index in [1.807, 2.05) is 13.8 Å². The Kier molecular flexibility index (Phi) is 4.96. The molecular formula is C11H15ClN2O2S. The van der Waals surface area contributed by atoms with Crippen LogP contribution in [0, 0.1) is 0 Å². The van der Waals surface area contributed by atoms with Crippen LogP contribution in [0.4, 0.5) is 5.69 Å². The third-order valence-corrected chi connectivity index (χ3v) is 3.58. The van der Waals surface area contributed by atoms with Crippen LogP contribution in [-0.2, 0) is 15.6 Å². The van der Waals surface area contributed by atoms with Crippen molar-refractivity contribution in [2.24, 2.45) is 0 Å². The molecule has 17 heavy (non-hydrogen) atoms. The van der Waals surface area contributed by atoms with Gasteiger partial charge in [-0.2, -0.15) is 0 Å². The van der Waals surface area contributed by atoms with Crippen LogP contribution in [0.25, 0.3) is 0 Å². The number of carbonyl (C=O) groups is 1. The number of nitrogens with one attached hydrogen (secondary N) is 1. The molecule has 0 aliphatic rings. The molecule has 0 bridgehead atoms. The number of carbonyl (C=O) groups excluding carboxylic acids is 1. The first-order valence-corrected chi connectivity index (χ1v) is 6.82. The van der Waals surface area contributed by atoms with Gasteiger partial charge in [-0.3, -0.25) is 9.00 Å². The van der Waals surface area contributed by atoms with Crippen molar-refractivity contribution in [2.75, 3.05) is 11.5 Å². The fourth-order valence-corrected chi connectivity index (χ4v) is 2.42. The highest BCUT2D eigenvalue weighted by atomic mass is 35.5. The summed E-state index contributed by atoms with van der Waals surface area (Å²) in [6.45, 7) is 3.70. The first-order valence-electron chi connectivity index (χ1n) is 5.13. The van der Waals surface area contributed by atoms with E-state index in [2.05, 4.69) is 5.32 Å². The lowest BCUT2D eigenvalue weighted by Crippen LogP contribution is -2.33. The average molecular weight is 275 g/mol. The summed E-state index contributed by atoms with van der Waals surface area (Å²) >= 11 is 5.82. The summed E-state index contributed by atoms with van der Waals surface area (Å²) in [7, 11) is -1.40. The van der Waals surface area contributed by atoms with Gasteiger partial charge in [0, 0.05) is 10.9 Å². The van der Waals surface area contributed by atoms with E-state index in [4.69, 9.17) is 17.3 Å². The third-order valence-electron chi connectivity index (χ3n) is 1.95. The number of nitrogens with two attached hydrogens (primary N) is 1. The minimum absolute atomic E-state index is 0.0366. The molecule has 6 heteroatoms. The summed E-state index contributed by atoms with van der Waals surface area (Å²) in [6.07, 6.45) is 0. The number of rotatable bonds is 4. The topological polar surface area (TPSA) is 72.2 Å². The fourth-order valence-electron chi connectivity index (χ4n) is 1.22. The molecule has 0 saturated carbocycles. The minimum Gasteiger partial charge on any atom is -0.398 e. The zero-order valence-corrected chi connectivity index (χ0v) is 11.3. The highest BCUT2D eigenvalue weighted by molar-refractivity contribution is 7.85. The second kappa shape index (κ2) is 6.02. The first kappa shape index (κ1) is 14.0. The second-order valence-electron chi connectivity index (χ2n) is 3.90. The van der Waals surface area contributed by atoms with Crippen LogP contribution in [0.5, 0.6) is 0 Å². The number of hydrogen-bond donors (Lipinski definition) is 2. The van der Waals surface area contributed by atoms with Crippen LogP contribution < -0.4 is 11.1 Å². The Morgan fingerprint density at radius 1 is 1.53 bits per heavy atom. The summed E-state index contributed by atoms with van der Waals surface area (Å²) in [5.74, 6) is -0.315. The highest BCUT2D eigenvalue weighted by Crippen LogP contribution is 2.21. The van der Waals surface area contributed by atoms with Crippen LogP contribution in [0.15, 0.2) is 23.1 Å². The van der Waals surface area contributed by atoms with Gasteiger partial charge in [0.15, 0.2) is 0 Å². The van der Waals surface area contributed by atoms with Gasteiger partial charge < -0.3 is 11.1 Å². The standard InChI is InChI=1S/C11H15ClN2O2S/c1-7(2)14-11(15)6-17(16)8-3-4-10(13)9(12)5-8/h3-5,7H,6,13H2,1-2H3,(H,14,15). The quantitative estimate of drug-likeness (QED) is 0.819. The Labute approximate surface area is 108 Å². The lowest BCUT2D eigenvalue weighted by molar-refractivity contribution is -0.119. The van der Waals surface area contributed by atoms with E-state index in [1.54, 1.807) is 12.1 Å². The van der Waals surface area contributed by atoms with Crippen LogP contribution >= 0.6 is 11.6 Å². The fraction of sp³-hybridized carbons (Fsp3) is 0.364. The molecule has 1 atom stereocenters. The molecule has 0 fully saturated rings. The normalized spacial score (nSPS) is 12.5. The Hall–Kier alpha value is -1.07. The van der Waals surface area contributed by atoms with E-state index in [0.29, 0.717) is 15.6 Å². The lowest BCUT2D eigenvalue weighted by atomic mass is 10.3. The third kappa shape index (κ3) is 4.36. The van der Waals surface area contributed by atoms with E-state index >= 15 is 0 Å².